The molecular formula is C48H48F6N14O14. The van der Waals surface area contributed by atoms with Gasteiger partial charge in [-0.05, 0) is 82.1 Å². The fraction of sp³-hybridized carbons (Fsp3) is 0.333. The van der Waals surface area contributed by atoms with E-state index in [-0.39, 0.29) is 87.4 Å². The lowest BCUT2D eigenvalue weighted by molar-refractivity contribution is -0.170. The number of carbonyl (C=O) groups excluding carboxylic acids is 7. The highest BCUT2D eigenvalue weighted by Gasteiger charge is 2.44. The Hall–Kier alpha value is -10.2. The number of fused-ring (bicyclic) bond motifs is 2. The maximum atomic E-state index is 13.5. The van der Waals surface area contributed by atoms with Gasteiger partial charge in [0.25, 0.3) is 22.9 Å². The number of carbonyl (C=O) groups is 8. The molecule has 436 valence electrons. The third kappa shape index (κ3) is 17.2. The Bertz CT molecular complexity index is 3520. The van der Waals surface area contributed by atoms with Gasteiger partial charge in [0.05, 0.1) is 51.1 Å². The summed E-state index contributed by atoms with van der Waals surface area (Å²) < 4.78 is 95.0. The average Bonchev–Trinajstić information content (AvgIpc) is 3.52. The third-order valence-electron chi connectivity index (χ3n) is 10.8. The smallest absolute Gasteiger partial charge is 0.471 e. The van der Waals surface area contributed by atoms with Gasteiger partial charge in [-0.3, -0.25) is 58.1 Å². The lowest BCUT2D eigenvalue weighted by atomic mass is 10.1. The lowest BCUT2D eigenvalue weighted by Gasteiger charge is -2.24. The van der Waals surface area contributed by atoms with Gasteiger partial charge in [0.1, 0.15) is 17.7 Å². The van der Waals surface area contributed by atoms with Crippen LogP contribution < -0.4 is 43.0 Å². The monoisotopic (exact) mass is 1160 g/mol. The third-order valence-corrected chi connectivity index (χ3v) is 10.8. The number of alkyl halides is 6. The van der Waals surface area contributed by atoms with E-state index in [1.54, 1.807) is 20.8 Å². The predicted octanol–water partition coefficient (Wildman–Crippen LogP) is 2.31. The SMILES string of the molecule is COC(=O)[C@H](CCC(=O)O)NC(=O)c1ccc(N(Cc2cnc3nc(N)[nH]c(=O)c3n2)C(=O)C(F)(F)F)cc1.COC(=O)[C@H](CCC(=O)OC(C)(C)C)NC(=O)c1ccc(N(Cc2cnc3nc(N)[nH]c(=O)c3n2)C(=O)C(F)(F)F)cc1. The van der Waals surface area contributed by atoms with Crippen molar-refractivity contribution in [2.75, 3.05) is 35.5 Å². The fourth-order valence-corrected chi connectivity index (χ4v) is 7.06. The van der Waals surface area contributed by atoms with Crippen molar-refractivity contribution in [1.82, 2.24) is 50.5 Å². The van der Waals surface area contributed by atoms with Crippen LogP contribution in [0, 0.1) is 0 Å². The Balaban J connectivity index is 0.000000302. The Labute approximate surface area is 456 Å². The van der Waals surface area contributed by atoms with Crippen molar-refractivity contribution in [3.8, 4) is 0 Å². The molecule has 28 nitrogen and oxygen atoms in total. The second-order valence-corrected chi connectivity index (χ2v) is 18.0. The maximum Gasteiger partial charge on any atom is 0.471 e. The number of aliphatic carboxylic acids is 1. The van der Waals surface area contributed by atoms with E-state index in [2.05, 4.69) is 60.0 Å². The Morgan fingerprint density at radius 2 is 0.976 bits per heavy atom. The topological polar surface area (TPSA) is 410 Å². The van der Waals surface area contributed by atoms with Gasteiger partial charge in [-0.1, -0.05) is 0 Å². The van der Waals surface area contributed by atoms with E-state index < -0.39 is 108 Å². The molecule has 0 saturated carbocycles. The Morgan fingerprint density at radius 3 is 1.30 bits per heavy atom. The van der Waals surface area contributed by atoms with Gasteiger partial charge in [0.15, 0.2) is 22.3 Å². The van der Waals surface area contributed by atoms with Gasteiger partial charge >= 0.3 is 48.0 Å². The zero-order valence-corrected chi connectivity index (χ0v) is 43.4. The number of nitrogens with two attached hydrogens (primary N) is 2. The number of hydrogen-bond donors (Lipinski definition) is 7. The van der Waals surface area contributed by atoms with E-state index in [4.69, 9.17) is 21.3 Å². The fourth-order valence-electron chi connectivity index (χ4n) is 7.06. The number of halogens is 6. The van der Waals surface area contributed by atoms with E-state index in [9.17, 15) is 74.3 Å². The molecule has 6 rings (SSSR count). The first-order chi connectivity index (χ1) is 38.3. The van der Waals surface area contributed by atoms with Crippen molar-refractivity contribution in [3.05, 3.63) is 104 Å². The number of amides is 4. The molecule has 0 aliphatic heterocycles. The van der Waals surface area contributed by atoms with E-state index in [0.717, 1.165) is 75.1 Å². The number of methoxy groups -OCH3 is 2. The van der Waals surface area contributed by atoms with Crippen LogP contribution in [-0.2, 0) is 56.1 Å². The van der Waals surface area contributed by atoms with E-state index in [0.29, 0.717) is 9.80 Å². The first-order valence-electron chi connectivity index (χ1n) is 23.5. The number of aromatic amines is 2. The number of esters is 3. The zero-order chi connectivity index (χ0) is 61.0. The maximum absolute atomic E-state index is 13.5. The number of anilines is 4. The molecule has 0 unspecified atom stereocenters. The summed E-state index contributed by atoms with van der Waals surface area (Å²) in [6.07, 6.45) is -9.57. The number of ether oxygens (including phenoxy) is 3. The minimum Gasteiger partial charge on any atom is -0.481 e. The summed E-state index contributed by atoms with van der Waals surface area (Å²) in [5.41, 5.74) is 6.56. The van der Waals surface area contributed by atoms with Crippen molar-refractivity contribution in [2.45, 2.75) is 89.6 Å². The summed E-state index contributed by atoms with van der Waals surface area (Å²) in [6, 6.07) is 6.19. The van der Waals surface area contributed by atoms with Crippen molar-refractivity contribution in [2.24, 2.45) is 0 Å². The molecule has 2 aromatic carbocycles. The molecule has 4 aromatic heterocycles. The molecule has 0 radical (unpaired) electrons. The number of nitrogens with zero attached hydrogens (tertiary/aromatic N) is 8. The molecule has 0 aliphatic carbocycles. The van der Waals surface area contributed by atoms with E-state index in [1.165, 1.54) is 0 Å². The highest BCUT2D eigenvalue weighted by Crippen LogP contribution is 2.28. The molecule has 2 atom stereocenters. The molecule has 0 spiro atoms. The quantitative estimate of drug-likeness (QED) is 0.0369. The van der Waals surface area contributed by atoms with Crippen molar-refractivity contribution in [1.29, 1.82) is 0 Å². The van der Waals surface area contributed by atoms with Gasteiger partial charge in [-0.2, -0.15) is 36.3 Å². The van der Waals surface area contributed by atoms with Crippen LogP contribution in [0.1, 0.15) is 78.6 Å². The first-order valence-corrected chi connectivity index (χ1v) is 23.5. The molecule has 0 aliphatic rings. The minimum atomic E-state index is -5.29. The minimum absolute atomic E-state index is 0.0741. The standard InChI is InChI=1S/C26H28F3N7O7.C22H20F3N7O7/c1-25(2,3)43-17(37)10-9-16(22(40)42-4)33-20(38)13-5-7-15(8-6-13)36(23(41)26(27,28)29)12-14-11-31-19-18(32-14)21(39)35-24(30)34-19;1-39-19(37)13(6-7-14(33)34)29-17(35)10-2-4-12(5-3-10)32(20(38)22(23,24)25)9-11-8-27-16-15(28-11)18(36)31-21(26)30-16/h5-8,11,16H,9-10,12H2,1-4H3,(H,33,38)(H3,30,31,34,35,39);2-5,8,13H,6-7,9H2,1H3,(H,29,35)(H,33,34)(H3,26,27,30,31,36)/t16-;13-/m00/s1. The molecule has 9 N–H and O–H groups in total. The summed E-state index contributed by atoms with van der Waals surface area (Å²) in [6.45, 7) is 3.51. The second kappa shape index (κ2) is 26.2. The Morgan fingerprint density at radius 1 is 0.610 bits per heavy atom. The van der Waals surface area contributed by atoms with Crippen LogP contribution in [0.5, 0.6) is 0 Å². The van der Waals surface area contributed by atoms with Gasteiger partial charge in [-0.15, -0.1) is 0 Å². The van der Waals surface area contributed by atoms with Crippen LogP contribution >= 0.6 is 0 Å². The molecular weight excluding hydrogens is 1110 g/mol. The second-order valence-electron chi connectivity index (χ2n) is 18.0. The number of carboxylic acid groups (broad SMARTS) is 1. The van der Waals surface area contributed by atoms with Crippen LogP contribution in [0.3, 0.4) is 0 Å². The highest BCUT2D eigenvalue weighted by molar-refractivity contribution is 6.01. The molecule has 0 fully saturated rings. The van der Waals surface area contributed by atoms with Crippen LogP contribution in [0.4, 0.5) is 49.6 Å². The molecule has 0 saturated heterocycles. The summed E-state index contributed by atoms with van der Waals surface area (Å²) in [5, 5.41) is 13.5. The molecule has 6 aromatic rings. The predicted molar refractivity (Wildman–Crippen MR) is 271 cm³/mol. The van der Waals surface area contributed by atoms with Gasteiger partial charge in [0.2, 0.25) is 11.9 Å². The normalized spacial score (nSPS) is 12.2. The van der Waals surface area contributed by atoms with E-state index >= 15 is 0 Å². The van der Waals surface area contributed by atoms with Crippen LogP contribution in [-0.4, -0.2) is 137 Å². The van der Waals surface area contributed by atoms with Gasteiger partial charge in [0, 0.05) is 35.3 Å². The Kier molecular flexibility index (Phi) is 20.0. The first kappa shape index (κ1) is 62.7. The average molecular weight is 1160 g/mol. The number of H-pyrrole nitrogens is 2. The van der Waals surface area contributed by atoms with Gasteiger partial charge < -0.3 is 41.4 Å². The number of nitrogen functional groups attached to an aromatic ring is 2. The molecule has 4 heterocycles. The number of hydrogen-bond acceptors (Lipinski definition) is 21. The largest absolute Gasteiger partial charge is 0.481 e. The zero-order valence-electron chi connectivity index (χ0n) is 43.4. The van der Waals surface area contributed by atoms with Crippen molar-refractivity contribution >= 4 is 93.1 Å². The number of nitrogens with one attached hydrogen (secondary N) is 4. The molecule has 0 bridgehead atoms. The van der Waals surface area contributed by atoms with Crippen molar-refractivity contribution < 1.29 is 84.0 Å². The molecule has 82 heavy (non-hydrogen) atoms. The molecule has 34 heteroatoms. The van der Waals surface area contributed by atoms with Crippen LogP contribution in [0.15, 0.2) is 70.5 Å². The number of aromatic nitrogens is 8. The summed E-state index contributed by atoms with van der Waals surface area (Å²) in [7, 11) is 2.14. The number of carboxylic acids is 1. The van der Waals surface area contributed by atoms with Crippen LogP contribution in [0.25, 0.3) is 22.3 Å². The summed E-state index contributed by atoms with van der Waals surface area (Å²) in [5.74, 6) is -10.2. The summed E-state index contributed by atoms with van der Waals surface area (Å²) >= 11 is 0. The number of rotatable bonds is 18. The molecule has 4 amide bonds. The highest BCUT2D eigenvalue weighted by atomic mass is 19.4. The van der Waals surface area contributed by atoms with Gasteiger partial charge in [-0.25, -0.2) is 29.5 Å². The van der Waals surface area contributed by atoms with Crippen LogP contribution in [0.2, 0.25) is 0 Å². The van der Waals surface area contributed by atoms with E-state index in [1.807, 2.05) is 0 Å². The lowest BCUT2D eigenvalue weighted by Crippen LogP contribution is -2.42. The summed E-state index contributed by atoms with van der Waals surface area (Å²) in [4.78, 5) is 149. The van der Waals surface area contributed by atoms with Crippen molar-refractivity contribution in [3.63, 3.8) is 0 Å². The number of benzene rings is 2.